The summed E-state index contributed by atoms with van der Waals surface area (Å²) in [6.07, 6.45) is 0. The fourth-order valence-corrected chi connectivity index (χ4v) is 3.93. The minimum Gasteiger partial charge on any atom is -0.324 e. The Balaban J connectivity index is 1.79. The molecule has 3 rings (SSSR count). The molecular formula is C18H14Cl3N3O2S. The molecule has 1 heterocycles. The summed E-state index contributed by atoms with van der Waals surface area (Å²) in [6, 6.07) is 10.1. The minimum atomic E-state index is -0.301. The van der Waals surface area contributed by atoms with Gasteiger partial charge in [0.05, 0.1) is 37.4 Å². The van der Waals surface area contributed by atoms with Crippen LogP contribution in [0.2, 0.25) is 15.1 Å². The number of anilines is 1. The lowest BCUT2D eigenvalue weighted by molar-refractivity contribution is -0.113. The summed E-state index contributed by atoms with van der Waals surface area (Å²) in [5.41, 5.74) is 0.845. The number of fused-ring (bicyclic) bond motifs is 1. The van der Waals surface area contributed by atoms with Crippen molar-refractivity contribution in [3.05, 3.63) is 61.8 Å². The number of carbonyl (C=O) groups is 1. The molecule has 0 unspecified atom stereocenters. The lowest BCUT2D eigenvalue weighted by atomic mass is 10.2. The summed E-state index contributed by atoms with van der Waals surface area (Å²) in [5.74, 6) is -0.244. The zero-order chi connectivity index (χ0) is 19.6. The Labute approximate surface area is 174 Å². The van der Waals surface area contributed by atoms with Gasteiger partial charge in [-0.2, -0.15) is 0 Å². The molecule has 9 heteroatoms. The summed E-state index contributed by atoms with van der Waals surface area (Å²) >= 11 is 19.1. The zero-order valence-corrected chi connectivity index (χ0v) is 17.2. The van der Waals surface area contributed by atoms with E-state index < -0.39 is 0 Å². The van der Waals surface area contributed by atoms with Crippen molar-refractivity contribution >= 4 is 69.1 Å². The highest BCUT2D eigenvalue weighted by Crippen LogP contribution is 2.32. The van der Waals surface area contributed by atoms with Crippen LogP contribution in [0, 0.1) is 0 Å². The van der Waals surface area contributed by atoms with Crippen LogP contribution >= 0.6 is 46.6 Å². The van der Waals surface area contributed by atoms with Crippen LogP contribution in [0.5, 0.6) is 0 Å². The number of hydrogen-bond acceptors (Lipinski definition) is 4. The van der Waals surface area contributed by atoms with E-state index in [1.807, 2.05) is 13.0 Å². The lowest BCUT2D eigenvalue weighted by Gasteiger charge is -2.12. The fourth-order valence-electron chi connectivity index (χ4n) is 2.47. The van der Waals surface area contributed by atoms with Gasteiger partial charge in [0.1, 0.15) is 0 Å². The summed E-state index contributed by atoms with van der Waals surface area (Å²) in [4.78, 5) is 29.4. The highest BCUT2D eigenvalue weighted by molar-refractivity contribution is 7.99. The van der Waals surface area contributed by atoms with Gasteiger partial charge < -0.3 is 5.32 Å². The van der Waals surface area contributed by atoms with E-state index in [0.29, 0.717) is 38.3 Å². The quantitative estimate of drug-likeness (QED) is 0.339. The van der Waals surface area contributed by atoms with Crippen molar-refractivity contribution in [1.29, 1.82) is 0 Å². The largest absolute Gasteiger partial charge is 0.324 e. The third-order valence-corrected chi connectivity index (χ3v) is 5.77. The van der Waals surface area contributed by atoms with E-state index in [1.165, 1.54) is 23.9 Å². The second-order valence-corrected chi connectivity index (χ2v) is 7.71. The Hall–Kier alpha value is -1.73. The van der Waals surface area contributed by atoms with Crippen molar-refractivity contribution < 1.29 is 4.79 Å². The predicted octanol–water partition coefficient (Wildman–Crippen LogP) is 5.11. The number of nitrogens with zero attached hydrogens (tertiary/aromatic N) is 2. The number of rotatable bonds is 5. The van der Waals surface area contributed by atoms with Gasteiger partial charge in [-0.15, -0.1) is 0 Å². The van der Waals surface area contributed by atoms with Crippen molar-refractivity contribution in [2.45, 2.75) is 18.6 Å². The molecule has 0 saturated heterocycles. The summed E-state index contributed by atoms with van der Waals surface area (Å²) in [6.45, 7) is 2.32. The molecule has 0 fully saturated rings. The predicted molar refractivity (Wildman–Crippen MR) is 113 cm³/mol. The first-order valence-electron chi connectivity index (χ1n) is 7.97. The summed E-state index contributed by atoms with van der Waals surface area (Å²) in [5, 5.41) is 4.61. The van der Waals surface area contributed by atoms with Crippen LogP contribution in [-0.2, 0) is 11.3 Å². The number of thioether (sulfide) groups is 1. The average Bonchev–Trinajstić information content (AvgIpc) is 2.64. The summed E-state index contributed by atoms with van der Waals surface area (Å²) < 4.78 is 1.55. The van der Waals surface area contributed by atoms with Crippen LogP contribution < -0.4 is 10.9 Å². The maximum absolute atomic E-state index is 12.6. The standard InChI is InChI=1S/C18H14Cl3N3O2S/c1-2-24-17(26)10-5-3-4-6-14(10)23-18(24)27-9-16(25)22-15-8-12(20)11(19)7-13(15)21/h3-8H,2,9H2,1H3,(H,22,25). The van der Waals surface area contributed by atoms with Gasteiger partial charge in [0, 0.05) is 6.54 Å². The smallest absolute Gasteiger partial charge is 0.262 e. The second-order valence-electron chi connectivity index (χ2n) is 5.54. The van der Waals surface area contributed by atoms with Gasteiger partial charge in [-0.3, -0.25) is 14.2 Å². The van der Waals surface area contributed by atoms with Gasteiger partial charge in [0.25, 0.3) is 5.56 Å². The molecule has 3 aromatic rings. The highest BCUT2D eigenvalue weighted by atomic mass is 35.5. The van der Waals surface area contributed by atoms with Crippen molar-refractivity contribution in [2.24, 2.45) is 0 Å². The third kappa shape index (κ3) is 4.41. The SMILES string of the molecule is CCn1c(SCC(=O)Nc2cc(Cl)c(Cl)cc2Cl)nc2ccccc2c1=O. The van der Waals surface area contributed by atoms with Gasteiger partial charge in [-0.25, -0.2) is 4.98 Å². The maximum atomic E-state index is 12.6. The van der Waals surface area contributed by atoms with Crippen LogP contribution in [-0.4, -0.2) is 21.2 Å². The van der Waals surface area contributed by atoms with Crippen molar-refractivity contribution in [1.82, 2.24) is 9.55 Å². The molecule has 0 bridgehead atoms. The third-order valence-electron chi connectivity index (χ3n) is 3.76. The zero-order valence-electron chi connectivity index (χ0n) is 14.1. The number of hydrogen-bond donors (Lipinski definition) is 1. The Morgan fingerprint density at radius 3 is 2.59 bits per heavy atom. The maximum Gasteiger partial charge on any atom is 0.262 e. The average molecular weight is 443 g/mol. The molecular weight excluding hydrogens is 429 g/mol. The van der Waals surface area contributed by atoms with Gasteiger partial charge in [-0.05, 0) is 31.2 Å². The molecule has 1 amide bonds. The Bertz CT molecular complexity index is 1090. The normalized spacial score (nSPS) is 11.0. The lowest BCUT2D eigenvalue weighted by Crippen LogP contribution is -2.23. The summed E-state index contributed by atoms with van der Waals surface area (Å²) in [7, 11) is 0. The van der Waals surface area contributed by atoms with Crippen LogP contribution in [0.15, 0.2) is 46.3 Å². The van der Waals surface area contributed by atoms with Crippen molar-refractivity contribution in [3.8, 4) is 0 Å². The van der Waals surface area contributed by atoms with E-state index in [-0.39, 0.29) is 22.2 Å². The number of nitrogens with one attached hydrogen (secondary N) is 1. The molecule has 0 aliphatic heterocycles. The van der Waals surface area contributed by atoms with Gasteiger partial charge in [0.2, 0.25) is 5.91 Å². The van der Waals surface area contributed by atoms with E-state index in [0.717, 1.165) is 0 Å². The fraction of sp³-hybridized carbons (Fsp3) is 0.167. The van der Waals surface area contributed by atoms with Crippen molar-refractivity contribution in [2.75, 3.05) is 11.1 Å². The highest BCUT2D eigenvalue weighted by Gasteiger charge is 2.14. The monoisotopic (exact) mass is 441 g/mol. The number of carbonyl (C=O) groups excluding carboxylic acids is 1. The van der Waals surface area contributed by atoms with E-state index in [9.17, 15) is 9.59 Å². The van der Waals surface area contributed by atoms with E-state index in [1.54, 1.807) is 22.8 Å². The topological polar surface area (TPSA) is 64.0 Å². The molecule has 5 nitrogen and oxygen atoms in total. The molecule has 140 valence electrons. The second kappa shape index (κ2) is 8.52. The molecule has 0 saturated carbocycles. The molecule has 27 heavy (non-hydrogen) atoms. The Morgan fingerprint density at radius 2 is 1.85 bits per heavy atom. The first-order chi connectivity index (χ1) is 12.9. The number of para-hydroxylation sites is 1. The molecule has 0 spiro atoms. The molecule has 0 aliphatic rings. The number of amides is 1. The number of halogens is 3. The molecule has 1 N–H and O–H groups in total. The van der Waals surface area contributed by atoms with Crippen molar-refractivity contribution in [3.63, 3.8) is 0 Å². The first-order valence-corrected chi connectivity index (χ1v) is 10.1. The van der Waals surface area contributed by atoms with Gasteiger partial charge in [0.15, 0.2) is 5.16 Å². The van der Waals surface area contributed by atoms with Gasteiger partial charge >= 0.3 is 0 Å². The molecule has 2 aromatic carbocycles. The number of benzene rings is 2. The van der Waals surface area contributed by atoms with Crippen LogP contribution in [0.25, 0.3) is 10.9 Å². The molecule has 0 aliphatic carbocycles. The Morgan fingerprint density at radius 1 is 1.15 bits per heavy atom. The van der Waals surface area contributed by atoms with E-state index in [2.05, 4.69) is 10.3 Å². The molecule has 0 atom stereocenters. The van der Waals surface area contributed by atoms with Crippen LogP contribution in [0.4, 0.5) is 5.69 Å². The first kappa shape index (κ1) is 20.0. The molecule has 1 aromatic heterocycles. The molecule has 0 radical (unpaired) electrons. The van der Waals surface area contributed by atoms with E-state index >= 15 is 0 Å². The van der Waals surface area contributed by atoms with Crippen LogP contribution in [0.1, 0.15) is 6.92 Å². The number of aromatic nitrogens is 2. The van der Waals surface area contributed by atoms with Gasteiger partial charge in [-0.1, -0.05) is 58.7 Å². The van der Waals surface area contributed by atoms with Crippen LogP contribution in [0.3, 0.4) is 0 Å². The Kier molecular flexibility index (Phi) is 6.32. The minimum absolute atomic E-state index is 0.0569. The van der Waals surface area contributed by atoms with E-state index in [4.69, 9.17) is 34.8 Å².